The number of halogens is 1. The molecule has 126 valence electrons. The molecule has 0 atom stereocenters. The van der Waals surface area contributed by atoms with E-state index in [0.717, 1.165) is 38.6 Å². The Morgan fingerprint density at radius 3 is 2.48 bits per heavy atom. The average molecular weight is 411 g/mol. The number of nitrogens with zero attached hydrogens (tertiary/aromatic N) is 1. The molecule has 0 saturated heterocycles. The Bertz CT molecular complexity index is 281. The lowest BCUT2D eigenvalue weighted by molar-refractivity contribution is 0.0778. The van der Waals surface area contributed by atoms with Crippen LogP contribution in [0.1, 0.15) is 58.8 Å². The molecule has 0 aliphatic heterocycles. The molecule has 0 aromatic heterocycles. The molecule has 0 amide bonds. The Morgan fingerprint density at radius 1 is 1.19 bits per heavy atom. The smallest absolute Gasteiger partial charge is 0.191 e. The summed E-state index contributed by atoms with van der Waals surface area (Å²) in [6.07, 6.45) is 8.85. The molecule has 0 unspecified atom stereocenters. The van der Waals surface area contributed by atoms with Gasteiger partial charge in [-0.3, -0.25) is 4.99 Å². The quantitative estimate of drug-likeness (QED) is 0.250. The maximum absolute atomic E-state index is 5.24. The molecule has 4 nitrogen and oxygen atoms in total. The van der Waals surface area contributed by atoms with Crippen LogP contribution < -0.4 is 10.6 Å². The van der Waals surface area contributed by atoms with Gasteiger partial charge in [0, 0.05) is 33.4 Å². The van der Waals surface area contributed by atoms with E-state index >= 15 is 0 Å². The van der Waals surface area contributed by atoms with E-state index in [-0.39, 0.29) is 24.0 Å². The molecule has 0 aromatic rings. The minimum absolute atomic E-state index is 0. The second kappa shape index (κ2) is 12.5. The maximum Gasteiger partial charge on any atom is 0.191 e. The summed E-state index contributed by atoms with van der Waals surface area (Å²) in [7, 11) is 1.79. The Hall–Kier alpha value is -0.0400. The first-order valence-corrected chi connectivity index (χ1v) is 8.27. The van der Waals surface area contributed by atoms with Crippen molar-refractivity contribution >= 4 is 29.9 Å². The van der Waals surface area contributed by atoms with E-state index < -0.39 is 0 Å². The van der Waals surface area contributed by atoms with Crippen LogP contribution in [-0.2, 0) is 4.74 Å². The molecule has 0 aromatic carbocycles. The van der Waals surface area contributed by atoms with Gasteiger partial charge in [-0.2, -0.15) is 0 Å². The van der Waals surface area contributed by atoms with Crippen LogP contribution in [0.25, 0.3) is 0 Å². The molecule has 0 spiro atoms. The zero-order valence-electron chi connectivity index (χ0n) is 14.0. The van der Waals surface area contributed by atoms with E-state index in [2.05, 4.69) is 24.5 Å². The molecule has 0 radical (unpaired) electrons. The number of unbranched alkanes of at least 4 members (excludes halogenated alkanes) is 2. The van der Waals surface area contributed by atoms with Gasteiger partial charge in [-0.05, 0) is 38.0 Å². The summed E-state index contributed by atoms with van der Waals surface area (Å²) in [5, 5.41) is 6.78. The summed E-state index contributed by atoms with van der Waals surface area (Å²) < 4.78 is 5.24. The van der Waals surface area contributed by atoms with Gasteiger partial charge in [-0.25, -0.2) is 0 Å². The number of guanidine groups is 1. The van der Waals surface area contributed by atoms with Crippen LogP contribution >= 0.6 is 24.0 Å². The highest BCUT2D eigenvalue weighted by Gasteiger charge is 2.36. The summed E-state index contributed by atoms with van der Waals surface area (Å²) in [6, 6.07) is 0. The van der Waals surface area contributed by atoms with Crippen molar-refractivity contribution in [3.8, 4) is 0 Å². The summed E-state index contributed by atoms with van der Waals surface area (Å²) in [5.74, 6) is 0.979. The molecule has 1 aliphatic rings. The van der Waals surface area contributed by atoms with Gasteiger partial charge in [0.05, 0.1) is 0 Å². The standard InChI is InChI=1S/C16H33N3O.HI/c1-4-6-7-12-18-15(17-5-2)19-14-16(9-8-10-16)11-13-20-3;/h4-14H2,1-3H3,(H2,17,18,19);1H. The predicted molar refractivity (Wildman–Crippen MR) is 102 cm³/mol. The first-order valence-electron chi connectivity index (χ1n) is 8.27. The highest BCUT2D eigenvalue weighted by Crippen LogP contribution is 2.44. The van der Waals surface area contributed by atoms with E-state index in [1.807, 2.05) is 0 Å². The van der Waals surface area contributed by atoms with Crippen molar-refractivity contribution in [2.45, 2.75) is 58.8 Å². The molecule has 0 heterocycles. The molecule has 1 saturated carbocycles. The van der Waals surface area contributed by atoms with Crippen LogP contribution in [0, 0.1) is 5.41 Å². The van der Waals surface area contributed by atoms with Crippen molar-refractivity contribution in [1.29, 1.82) is 0 Å². The lowest BCUT2D eigenvalue weighted by atomic mass is 9.67. The number of rotatable bonds is 10. The SMILES string of the molecule is CCCCCNC(=NCC1(CCOC)CCC1)NCC.I. The number of ether oxygens (including phenoxy) is 1. The van der Waals surface area contributed by atoms with Gasteiger partial charge in [0.1, 0.15) is 0 Å². The van der Waals surface area contributed by atoms with Gasteiger partial charge >= 0.3 is 0 Å². The highest BCUT2D eigenvalue weighted by atomic mass is 127. The van der Waals surface area contributed by atoms with E-state index in [9.17, 15) is 0 Å². The number of methoxy groups -OCH3 is 1. The highest BCUT2D eigenvalue weighted by molar-refractivity contribution is 14.0. The molecule has 21 heavy (non-hydrogen) atoms. The molecule has 5 heteroatoms. The van der Waals surface area contributed by atoms with E-state index in [0.29, 0.717) is 5.41 Å². The van der Waals surface area contributed by atoms with Crippen molar-refractivity contribution in [3.05, 3.63) is 0 Å². The van der Waals surface area contributed by atoms with Crippen molar-refractivity contribution < 1.29 is 4.74 Å². The molecule has 1 aliphatic carbocycles. The fraction of sp³-hybridized carbons (Fsp3) is 0.938. The fourth-order valence-corrected chi connectivity index (χ4v) is 2.65. The first kappa shape index (κ1) is 21.0. The summed E-state index contributed by atoms with van der Waals surface area (Å²) in [6.45, 7) is 8.08. The van der Waals surface area contributed by atoms with Crippen LogP contribution in [0.2, 0.25) is 0 Å². The molecule has 0 bridgehead atoms. The second-order valence-electron chi connectivity index (χ2n) is 5.93. The van der Waals surface area contributed by atoms with Crippen LogP contribution in [0.5, 0.6) is 0 Å². The second-order valence-corrected chi connectivity index (χ2v) is 5.93. The molecule has 2 N–H and O–H groups in total. The van der Waals surface area contributed by atoms with E-state index in [1.165, 1.54) is 38.5 Å². The Labute approximate surface area is 147 Å². The number of nitrogens with one attached hydrogen (secondary N) is 2. The minimum atomic E-state index is 0. The third-order valence-electron chi connectivity index (χ3n) is 4.24. The topological polar surface area (TPSA) is 45.7 Å². The molecule has 1 fully saturated rings. The van der Waals surface area contributed by atoms with Crippen LogP contribution in [0.15, 0.2) is 4.99 Å². The van der Waals surface area contributed by atoms with Crippen LogP contribution in [-0.4, -0.2) is 39.3 Å². The molecule has 1 rings (SSSR count). The van der Waals surface area contributed by atoms with Gasteiger partial charge in [-0.1, -0.05) is 26.2 Å². The van der Waals surface area contributed by atoms with Gasteiger partial charge in [0.2, 0.25) is 0 Å². The van der Waals surface area contributed by atoms with Crippen molar-refractivity contribution in [2.24, 2.45) is 10.4 Å². The van der Waals surface area contributed by atoms with Gasteiger partial charge < -0.3 is 15.4 Å². The van der Waals surface area contributed by atoms with Gasteiger partial charge in [0.25, 0.3) is 0 Å². The van der Waals surface area contributed by atoms with Crippen LogP contribution in [0.3, 0.4) is 0 Å². The normalized spacial score (nSPS) is 16.8. The summed E-state index contributed by atoms with van der Waals surface area (Å²) >= 11 is 0. The van der Waals surface area contributed by atoms with E-state index in [4.69, 9.17) is 9.73 Å². The van der Waals surface area contributed by atoms with E-state index in [1.54, 1.807) is 7.11 Å². The van der Waals surface area contributed by atoms with Gasteiger partial charge in [0.15, 0.2) is 5.96 Å². The Kier molecular flexibility index (Phi) is 12.5. The number of hydrogen-bond donors (Lipinski definition) is 2. The van der Waals surface area contributed by atoms with Gasteiger partial charge in [-0.15, -0.1) is 24.0 Å². The Morgan fingerprint density at radius 2 is 1.95 bits per heavy atom. The molecular weight excluding hydrogens is 377 g/mol. The van der Waals surface area contributed by atoms with Crippen molar-refractivity contribution in [1.82, 2.24) is 10.6 Å². The number of hydrogen-bond acceptors (Lipinski definition) is 2. The van der Waals surface area contributed by atoms with Crippen LogP contribution in [0.4, 0.5) is 0 Å². The lowest BCUT2D eigenvalue weighted by Crippen LogP contribution is -2.40. The average Bonchev–Trinajstić information content (AvgIpc) is 2.41. The monoisotopic (exact) mass is 411 g/mol. The largest absolute Gasteiger partial charge is 0.385 e. The number of aliphatic imine (C=N–C) groups is 1. The minimum Gasteiger partial charge on any atom is -0.385 e. The maximum atomic E-state index is 5.24. The van der Waals surface area contributed by atoms with Crippen molar-refractivity contribution in [2.75, 3.05) is 33.4 Å². The summed E-state index contributed by atoms with van der Waals surface area (Å²) in [4.78, 5) is 4.80. The third kappa shape index (κ3) is 8.24. The van der Waals surface area contributed by atoms with Crippen molar-refractivity contribution in [3.63, 3.8) is 0 Å². The zero-order chi connectivity index (χ0) is 14.7. The lowest BCUT2D eigenvalue weighted by Gasteiger charge is -2.40. The predicted octanol–water partition coefficient (Wildman–Crippen LogP) is 3.56. The summed E-state index contributed by atoms with van der Waals surface area (Å²) in [5.41, 5.74) is 0.405. The Balaban J connectivity index is 0.00000400. The zero-order valence-corrected chi connectivity index (χ0v) is 16.4. The first-order chi connectivity index (χ1) is 9.76. The molecular formula is C16H34IN3O. The third-order valence-corrected chi connectivity index (χ3v) is 4.24. The fourth-order valence-electron chi connectivity index (χ4n) is 2.65.